The Bertz CT molecular complexity index is 906. The molecule has 1 aliphatic rings. The number of fused-ring (bicyclic) bond motifs is 1. The summed E-state index contributed by atoms with van der Waals surface area (Å²) in [6.07, 6.45) is 3.87. The largest absolute Gasteiger partial charge is 0.354 e. The molecule has 0 aliphatic carbocycles. The van der Waals surface area contributed by atoms with Crippen molar-refractivity contribution in [2.75, 3.05) is 37.3 Å². The molecule has 0 amide bonds. The van der Waals surface area contributed by atoms with E-state index in [2.05, 4.69) is 55.1 Å². The molecule has 5 nitrogen and oxygen atoms in total. The lowest BCUT2D eigenvalue weighted by molar-refractivity contribution is 0.249. The van der Waals surface area contributed by atoms with Crippen LogP contribution in [0.2, 0.25) is 0 Å². The van der Waals surface area contributed by atoms with Crippen molar-refractivity contribution in [2.24, 2.45) is 0 Å². The Kier molecular flexibility index (Phi) is 5.04. The summed E-state index contributed by atoms with van der Waals surface area (Å²) in [5.74, 6) is 1.05. The number of thioether (sulfide) groups is 1. The maximum Gasteiger partial charge on any atom is 0.189 e. The lowest BCUT2D eigenvalue weighted by atomic mass is 10.1. The van der Waals surface area contributed by atoms with Gasteiger partial charge in [-0.05, 0) is 36.9 Å². The average molecular weight is 366 g/mol. The number of rotatable bonds is 4. The second-order valence-corrected chi connectivity index (χ2v) is 7.42. The number of hydrogen-bond acceptors (Lipinski definition) is 6. The molecule has 0 atom stereocenters. The zero-order valence-corrected chi connectivity index (χ0v) is 16.0. The van der Waals surface area contributed by atoms with E-state index in [4.69, 9.17) is 0 Å². The predicted octanol–water partition coefficient (Wildman–Crippen LogP) is 3.38. The first-order chi connectivity index (χ1) is 12.7. The highest BCUT2D eigenvalue weighted by Gasteiger charge is 2.19. The van der Waals surface area contributed by atoms with Crippen molar-refractivity contribution in [2.45, 2.75) is 18.6 Å². The minimum absolute atomic E-state index is 0.854. The van der Waals surface area contributed by atoms with Crippen molar-refractivity contribution < 1.29 is 0 Å². The fourth-order valence-corrected chi connectivity index (χ4v) is 3.82. The number of pyridine rings is 1. The van der Waals surface area contributed by atoms with Crippen LogP contribution in [0.3, 0.4) is 0 Å². The second-order valence-electron chi connectivity index (χ2n) is 6.65. The number of anilines is 1. The third-order valence-corrected chi connectivity index (χ3v) is 5.32. The van der Waals surface area contributed by atoms with E-state index in [0.29, 0.717) is 0 Å². The van der Waals surface area contributed by atoms with Gasteiger partial charge in [0.05, 0.1) is 5.52 Å². The Morgan fingerprint density at radius 1 is 1.04 bits per heavy atom. The summed E-state index contributed by atoms with van der Waals surface area (Å²) in [5, 5.41) is 2.07. The number of aryl methyl sites for hydroxylation is 1. The summed E-state index contributed by atoms with van der Waals surface area (Å²) in [4.78, 5) is 18.4. The fraction of sp³-hybridized carbons (Fsp3) is 0.350. The number of hydrogen-bond donors (Lipinski definition) is 0. The second kappa shape index (κ2) is 7.60. The molecular formula is C20H23N5S. The molecule has 6 heteroatoms. The van der Waals surface area contributed by atoms with Crippen LogP contribution in [-0.4, -0.2) is 52.3 Å². The van der Waals surface area contributed by atoms with E-state index in [9.17, 15) is 0 Å². The first-order valence-electron chi connectivity index (χ1n) is 8.92. The Labute approximate surface area is 158 Å². The van der Waals surface area contributed by atoms with Crippen LogP contribution < -0.4 is 4.90 Å². The summed E-state index contributed by atoms with van der Waals surface area (Å²) >= 11 is 1.60. The molecule has 0 saturated carbocycles. The normalized spacial score (nSPS) is 15.5. The van der Waals surface area contributed by atoms with Gasteiger partial charge in [0, 0.05) is 56.1 Å². The van der Waals surface area contributed by atoms with E-state index in [1.54, 1.807) is 11.8 Å². The predicted molar refractivity (Wildman–Crippen MR) is 108 cm³/mol. The van der Waals surface area contributed by atoms with Crippen molar-refractivity contribution >= 4 is 28.5 Å². The Morgan fingerprint density at radius 2 is 1.88 bits per heavy atom. The van der Waals surface area contributed by atoms with Gasteiger partial charge in [-0.15, -0.1) is 0 Å². The van der Waals surface area contributed by atoms with Crippen molar-refractivity contribution in [3.63, 3.8) is 0 Å². The van der Waals surface area contributed by atoms with Gasteiger partial charge in [0.2, 0.25) is 0 Å². The standard InChI is InChI=1S/C20H23N5S/c1-15-12-19(23-20(22-15)26-2)25-10-8-24(9-11-25)14-16-5-6-18-17(13-16)4-3-7-21-18/h3-7,12-13H,8-11,14H2,1-2H3. The summed E-state index contributed by atoms with van der Waals surface area (Å²) in [5.41, 5.74) is 3.44. The SMILES string of the molecule is CSc1nc(C)cc(N2CCN(Cc3ccc4ncccc4c3)CC2)n1. The first kappa shape index (κ1) is 17.2. The summed E-state index contributed by atoms with van der Waals surface area (Å²) in [6.45, 7) is 7.11. The highest BCUT2D eigenvalue weighted by molar-refractivity contribution is 7.98. The molecule has 1 saturated heterocycles. The van der Waals surface area contributed by atoms with Gasteiger partial charge in [-0.2, -0.15) is 0 Å². The number of piperazine rings is 1. The smallest absolute Gasteiger partial charge is 0.189 e. The van der Waals surface area contributed by atoms with E-state index < -0.39 is 0 Å². The Balaban J connectivity index is 1.41. The van der Waals surface area contributed by atoms with Crippen LogP contribution in [0.5, 0.6) is 0 Å². The van der Waals surface area contributed by atoms with Gasteiger partial charge in [0.15, 0.2) is 5.16 Å². The van der Waals surface area contributed by atoms with Crippen LogP contribution >= 0.6 is 11.8 Å². The Hall–Kier alpha value is -2.18. The molecule has 2 aromatic heterocycles. The fourth-order valence-electron chi connectivity index (χ4n) is 3.40. The van der Waals surface area contributed by atoms with Gasteiger partial charge in [-0.1, -0.05) is 23.9 Å². The summed E-state index contributed by atoms with van der Waals surface area (Å²) in [7, 11) is 0. The third-order valence-electron chi connectivity index (χ3n) is 4.77. The molecular weight excluding hydrogens is 342 g/mol. The molecule has 4 rings (SSSR count). The average Bonchev–Trinajstić information content (AvgIpc) is 2.68. The number of aromatic nitrogens is 3. The lowest BCUT2D eigenvalue weighted by Gasteiger charge is -2.35. The number of benzene rings is 1. The molecule has 1 aromatic carbocycles. The molecule has 0 radical (unpaired) electrons. The zero-order valence-electron chi connectivity index (χ0n) is 15.2. The van der Waals surface area contributed by atoms with Crippen molar-refractivity contribution in [3.05, 3.63) is 53.9 Å². The summed E-state index contributed by atoms with van der Waals surface area (Å²) < 4.78 is 0. The van der Waals surface area contributed by atoms with Crippen LogP contribution in [0.15, 0.2) is 47.8 Å². The van der Waals surface area contributed by atoms with Gasteiger partial charge in [-0.25, -0.2) is 9.97 Å². The van der Waals surface area contributed by atoms with Crippen LogP contribution in [0.25, 0.3) is 10.9 Å². The minimum Gasteiger partial charge on any atom is -0.354 e. The molecule has 1 fully saturated rings. The topological polar surface area (TPSA) is 45.2 Å². The van der Waals surface area contributed by atoms with Crippen LogP contribution in [0, 0.1) is 6.92 Å². The van der Waals surface area contributed by atoms with E-state index in [1.165, 1.54) is 10.9 Å². The van der Waals surface area contributed by atoms with Crippen molar-refractivity contribution in [1.82, 2.24) is 19.9 Å². The van der Waals surface area contributed by atoms with E-state index in [-0.39, 0.29) is 0 Å². The lowest BCUT2D eigenvalue weighted by Crippen LogP contribution is -2.46. The molecule has 0 bridgehead atoms. The number of nitrogens with zero attached hydrogens (tertiary/aromatic N) is 5. The van der Waals surface area contributed by atoms with Gasteiger partial charge < -0.3 is 4.90 Å². The molecule has 0 spiro atoms. The first-order valence-corrected chi connectivity index (χ1v) is 10.1. The molecule has 3 heterocycles. The van der Waals surface area contributed by atoms with Crippen molar-refractivity contribution in [1.29, 1.82) is 0 Å². The maximum atomic E-state index is 4.67. The quantitative estimate of drug-likeness (QED) is 0.522. The molecule has 0 unspecified atom stereocenters. The van der Waals surface area contributed by atoms with Crippen LogP contribution in [0.1, 0.15) is 11.3 Å². The Morgan fingerprint density at radius 3 is 2.69 bits per heavy atom. The molecule has 1 aliphatic heterocycles. The van der Waals surface area contributed by atoms with Crippen molar-refractivity contribution in [3.8, 4) is 0 Å². The molecule has 26 heavy (non-hydrogen) atoms. The van der Waals surface area contributed by atoms with Crippen LogP contribution in [-0.2, 0) is 6.54 Å². The van der Waals surface area contributed by atoms with E-state index in [0.717, 1.165) is 54.9 Å². The minimum atomic E-state index is 0.854. The van der Waals surface area contributed by atoms with Gasteiger partial charge in [0.1, 0.15) is 5.82 Å². The van der Waals surface area contributed by atoms with Gasteiger partial charge in [-0.3, -0.25) is 9.88 Å². The highest BCUT2D eigenvalue weighted by atomic mass is 32.2. The molecule has 3 aromatic rings. The van der Waals surface area contributed by atoms with Gasteiger partial charge in [0.25, 0.3) is 0 Å². The van der Waals surface area contributed by atoms with E-state index in [1.807, 2.05) is 25.4 Å². The van der Waals surface area contributed by atoms with Crippen LogP contribution in [0.4, 0.5) is 5.82 Å². The molecule has 134 valence electrons. The highest BCUT2D eigenvalue weighted by Crippen LogP contribution is 2.20. The molecule has 0 N–H and O–H groups in total. The zero-order chi connectivity index (χ0) is 17.9. The monoisotopic (exact) mass is 365 g/mol. The van der Waals surface area contributed by atoms with E-state index >= 15 is 0 Å². The third kappa shape index (κ3) is 3.81. The summed E-state index contributed by atoms with van der Waals surface area (Å²) in [6, 6.07) is 12.8. The maximum absolute atomic E-state index is 4.67. The van der Waals surface area contributed by atoms with Gasteiger partial charge >= 0.3 is 0 Å².